The molecule has 4 heteroatoms. The summed E-state index contributed by atoms with van der Waals surface area (Å²) in [6, 6.07) is 7.76. The number of quaternary nitrogens is 1. The fourth-order valence-electron chi connectivity index (χ4n) is 4.34. The van der Waals surface area contributed by atoms with E-state index in [1.165, 1.54) is 35.9 Å². The summed E-state index contributed by atoms with van der Waals surface area (Å²) in [5.74, 6) is -0.934. The van der Waals surface area contributed by atoms with E-state index in [9.17, 15) is 9.90 Å². The van der Waals surface area contributed by atoms with Crippen molar-refractivity contribution in [2.24, 2.45) is 0 Å². The summed E-state index contributed by atoms with van der Waals surface area (Å²) >= 11 is 0. The van der Waals surface area contributed by atoms with Gasteiger partial charge in [0, 0.05) is 30.2 Å². The molecule has 2 aliphatic rings. The Labute approximate surface area is 123 Å². The van der Waals surface area contributed by atoms with Crippen molar-refractivity contribution in [3.05, 3.63) is 35.5 Å². The van der Waals surface area contributed by atoms with Crippen molar-refractivity contribution in [1.82, 2.24) is 4.98 Å². The summed E-state index contributed by atoms with van der Waals surface area (Å²) < 4.78 is 0. The van der Waals surface area contributed by atoms with Crippen molar-refractivity contribution in [3.63, 3.8) is 0 Å². The highest BCUT2D eigenvalue weighted by molar-refractivity contribution is 5.86. The number of aliphatic carboxylic acids is 1. The Kier molecular flexibility index (Phi) is 2.82. The van der Waals surface area contributed by atoms with E-state index in [1.807, 2.05) is 12.1 Å². The van der Waals surface area contributed by atoms with Crippen LogP contribution in [0.1, 0.15) is 43.4 Å². The van der Waals surface area contributed by atoms with E-state index in [0.717, 1.165) is 18.4 Å². The smallest absolute Gasteiger partial charge is 0.137 e. The highest BCUT2D eigenvalue weighted by Crippen LogP contribution is 2.40. The number of carbonyl (C=O) groups is 1. The Bertz CT molecular complexity index is 698. The van der Waals surface area contributed by atoms with E-state index in [4.69, 9.17) is 0 Å². The lowest BCUT2D eigenvalue weighted by Gasteiger charge is -2.41. The van der Waals surface area contributed by atoms with E-state index in [0.29, 0.717) is 6.42 Å². The molecule has 1 aliphatic carbocycles. The Hall–Kier alpha value is -1.81. The fourth-order valence-corrected chi connectivity index (χ4v) is 4.34. The number of para-hydroxylation sites is 1. The number of nitrogens with one attached hydrogen (secondary N) is 1. The molecule has 1 aliphatic heterocycles. The first-order chi connectivity index (χ1) is 10.2. The second kappa shape index (κ2) is 4.60. The van der Waals surface area contributed by atoms with Gasteiger partial charge in [-0.2, -0.15) is 0 Å². The first-order valence-electron chi connectivity index (χ1n) is 7.87. The van der Waals surface area contributed by atoms with Gasteiger partial charge in [0.05, 0.1) is 11.7 Å². The zero-order valence-corrected chi connectivity index (χ0v) is 12.0. The molecule has 1 saturated carbocycles. The van der Waals surface area contributed by atoms with Gasteiger partial charge in [0.2, 0.25) is 0 Å². The Morgan fingerprint density at radius 3 is 2.76 bits per heavy atom. The quantitative estimate of drug-likeness (QED) is 0.803. The second-order valence-corrected chi connectivity index (χ2v) is 6.54. The SMILES string of the molecule is O=C([O-])[C@H]1Cc2c([nH]c3ccccc23)C2(CCCCC2)[NH2+]1. The number of hydrogen-bond acceptors (Lipinski definition) is 2. The van der Waals surface area contributed by atoms with Crippen LogP contribution in [0.25, 0.3) is 10.9 Å². The zero-order valence-electron chi connectivity index (χ0n) is 12.0. The van der Waals surface area contributed by atoms with Crippen LogP contribution in [-0.4, -0.2) is 17.0 Å². The molecule has 0 radical (unpaired) electrons. The maximum Gasteiger partial charge on any atom is 0.137 e. The van der Waals surface area contributed by atoms with Crippen LogP contribution in [0.3, 0.4) is 0 Å². The average molecular weight is 284 g/mol. The van der Waals surface area contributed by atoms with Gasteiger partial charge in [-0.05, 0) is 24.5 Å². The molecular weight excluding hydrogens is 264 g/mol. The third kappa shape index (κ3) is 1.89. The van der Waals surface area contributed by atoms with Gasteiger partial charge in [-0.15, -0.1) is 0 Å². The van der Waals surface area contributed by atoms with Gasteiger partial charge < -0.3 is 20.2 Å². The van der Waals surface area contributed by atoms with Gasteiger partial charge in [0.25, 0.3) is 0 Å². The number of aromatic nitrogens is 1. The van der Waals surface area contributed by atoms with E-state index >= 15 is 0 Å². The van der Waals surface area contributed by atoms with Crippen LogP contribution in [0.15, 0.2) is 24.3 Å². The second-order valence-electron chi connectivity index (χ2n) is 6.54. The number of aromatic amines is 1. The molecule has 0 bridgehead atoms. The first kappa shape index (κ1) is 12.9. The Balaban J connectivity index is 1.91. The molecule has 4 rings (SSSR count). The molecule has 1 aromatic carbocycles. The highest BCUT2D eigenvalue weighted by atomic mass is 16.4. The summed E-state index contributed by atoms with van der Waals surface area (Å²) in [6.45, 7) is 0. The van der Waals surface area contributed by atoms with Gasteiger partial charge >= 0.3 is 0 Å². The topological polar surface area (TPSA) is 72.5 Å². The lowest BCUT2D eigenvalue weighted by molar-refractivity contribution is -0.766. The Morgan fingerprint density at radius 1 is 1.24 bits per heavy atom. The Morgan fingerprint density at radius 2 is 2.00 bits per heavy atom. The zero-order chi connectivity index (χ0) is 14.4. The summed E-state index contributed by atoms with van der Waals surface area (Å²) in [6.07, 6.45) is 6.26. The number of H-pyrrole nitrogens is 1. The van der Waals surface area contributed by atoms with Crippen LogP contribution < -0.4 is 10.4 Å². The number of carbonyl (C=O) groups excluding carboxylic acids is 1. The maximum absolute atomic E-state index is 11.5. The van der Waals surface area contributed by atoms with E-state index in [-0.39, 0.29) is 5.54 Å². The first-order valence-corrected chi connectivity index (χ1v) is 7.87. The summed E-state index contributed by atoms with van der Waals surface area (Å²) in [5.41, 5.74) is 3.50. The molecule has 110 valence electrons. The van der Waals surface area contributed by atoms with Crippen molar-refractivity contribution in [2.45, 2.75) is 50.1 Å². The summed E-state index contributed by atoms with van der Waals surface area (Å²) in [5, 5.41) is 14.7. The monoisotopic (exact) mass is 284 g/mol. The van der Waals surface area contributed by atoms with Crippen LogP contribution in [0, 0.1) is 0 Å². The van der Waals surface area contributed by atoms with E-state index < -0.39 is 12.0 Å². The number of nitrogens with two attached hydrogens (primary N) is 1. The molecule has 2 heterocycles. The minimum Gasteiger partial charge on any atom is -0.544 e. The molecular formula is C17H20N2O2. The lowest BCUT2D eigenvalue weighted by Crippen LogP contribution is -3.03. The third-order valence-electron chi connectivity index (χ3n) is 5.30. The van der Waals surface area contributed by atoms with Gasteiger partial charge in [0.1, 0.15) is 11.6 Å². The molecule has 0 unspecified atom stereocenters. The standard InChI is InChI=1S/C17H20N2O2/c20-16(21)14-10-12-11-6-2-3-7-13(11)18-15(12)17(19-14)8-4-1-5-9-17/h2-3,6-7,14,18-19H,1,4-5,8-10H2,(H,20,21)/t14-/m1/s1. The summed E-state index contributed by atoms with van der Waals surface area (Å²) in [4.78, 5) is 15.1. The number of benzene rings is 1. The van der Waals surface area contributed by atoms with Gasteiger partial charge in [0.15, 0.2) is 0 Å². The molecule has 3 N–H and O–H groups in total. The van der Waals surface area contributed by atoms with Gasteiger partial charge in [-0.25, -0.2) is 0 Å². The van der Waals surface area contributed by atoms with Gasteiger partial charge in [-0.1, -0.05) is 24.6 Å². The van der Waals surface area contributed by atoms with Crippen molar-refractivity contribution < 1.29 is 15.2 Å². The number of fused-ring (bicyclic) bond motifs is 4. The predicted molar refractivity (Wildman–Crippen MR) is 77.5 cm³/mol. The minimum atomic E-state index is -0.934. The van der Waals surface area contributed by atoms with Crippen LogP contribution in [0.4, 0.5) is 0 Å². The molecule has 1 fully saturated rings. The minimum absolute atomic E-state index is 0.0877. The lowest BCUT2D eigenvalue weighted by atomic mass is 9.74. The van der Waals surface area contributed by atoms with Crippen molar-refractivity contribution in [3.8, 4) is 0 Å². The molecule has 4 nitrogen and oxygen atoms in total. The molecule has 21 heavy (non-hydrogen) atoms. The van der Waals surface area contributed by atoms with Crippen molar-refractivity contribution in [2.75, 3.05) is 0 Å². The molecule has 1 aromatic heterocycles. The molecule has 0 saturated heterocycles. The molecule has 1 atom stereocenters. The molecule has 2 aromatic rings. The largest absolute Gasteiger partial charge is 0.544 e. The van der Waals surface area contributed by atoms with Crippen molar-refractivity contribution >= 4 is 16.9 Å². The van der Waals surface area contributed by atoms with Crippen LogP contribution in [0.5, 0.6) is 0 Å². The normalized spacial score (nSPS) is 24.1. The number of carboxylic acids is 1. The fraction of sp³-hybridized carbons (Fsp3) is 0.471. The van der Waals surface area contributed by atoms with Crippen molar-refractivity contribution in [1.29, 1.82) is 0 Å². The maximum atomic E-state index is 11.5. The average Bonchev–Trinajstić information content (AvgIpc) is 2.88. The van der Waals surface area contributed by atoms with Crippen LogP contribution in [0.2, 0.25) is 0 Å². The number of carboxylic acid groups (broad SMARTS) is 1. The number of hydrogen-bond donors (Lipinski definition) is 2. The summed E-state index contributed by atoms with van der Waals surface area (Å²) in [7, 11) is 0. The number of rotatable bonds is 1. The third-order valence-corrected chi connectivity index (χ3v) is 5.30. The molecule has 1 spiro atoms. The highest BCUT2D eigenvalue weighted by Gasteiger charge is 2.46. The van der Waals surface area contributed by atoms with Crippen LogP contribution >= 0.6 is 0 Å². The van der Waals surface area contributed by atoms with E-state index in [2.05, 4.69) is 22.4 Å². The predicted octanol–water partition coefficient (Wildman–Crippen LogP) is 0.565. The van der Waals surface area contributed by atoms with Gasteiger partial charge in [-0.3, -0.25) is 0 Å². The van der Waals surface area contributed by atoms with E-state index in [1.54, 1.807) is 0 Å². The van der Waals surface area contributed by atoms with Crippen LogP contribution in [-0.2, 0) is 16.8 Å². The molecule has 0 amide bonds.